The van der Waals surface area contributed by atoms with Gasteiger partial charge < -0.3 is 5.32 Å². The summed E-state index contributed by atoms with van der Waals surface area (Å²) in [5.41, 5.74) is 0.0365. The third-order valence-corrected chi connectivity index (χ3v) is 3.36. The fraction of sp³-hybridized carbons (Fsp3) is 0.0588. The van der Waals surface area contributed by atoms with Gasteiger partial charge in [-0.25, -0.2) is 0 Å². The maximum Gasteiger partial charge on any atom is 0.293 e. The predicted octanol–water partition coefficient (Wildman–Crippen LogP) is 3.36. The number of hydrogen-bond acceptors (Lipinski definition) is 6. The molecule has 0 aromatic heterocycles. The highest BCUT2D eigenvalue weighted by Gasteiger charge is 2.18. The number of nitrogens with zero attached hydrogens (tertiary/aromatic N) is 3. The summed E-state index contributed by atoms with van der Waals surface area (Å²) in [5.74, 6) is -0.856. The summed E-state index contributed by atoms with van der Waals surface area (Å²) >= 11 is 0. The van der Waals surface area contributed by atoms with Crippen molar-refractivity contribution >= 4 is 29.0 Å². The Morgan fingerprint density at radius 1 is 1.15 bits per heavy atom. The van der Waals surface area contributed by atoms with Crippen LogP contribution in [0.2, 0.25) is 0 Å². The lowest BCUT2D eigenvalue weighted by Crippen LogP contribution is -2.14. The first-order chi connectivity index (χ1) is 12.3. The molecule has 0 unspecified atom stereocenters. The second-order valence-electron chi connectivity index (χ2n) is 5.25. The monoisotopic (exact) mass is 352 g/mol. The number of hydrogen-bond donors (Lipinski definition) is 1. The van der Waals surface area contributed by atoms with Crippen LogP contribution in [0.1, 0.15) is 11.1 Å². The van der Waals surface area contributed by atoms with Crippen molar-refractivity contribution < 1.29 is 14.6 Å². The van der Waals surface area contributed by atoms with Gasteiger partial charge in [-0.1, -0.05) is 18.2 Å². The molecule has 0 bridgehead atoms. The van der Waals surface area contributed by atoms with E-state index in [2.05, 4.69) is 5.32 Å². The summed E-state index contributed by atoms with van der Waals surface area (Å²) in [6, 6.07) is 11.3. The van der Waals surface area contributed by atoms with E-state index in [1.54, 1.807) is 19.1 Å². The number of nitro benzene ring substituents is 2. The van der Waals surface area contributed by atoms with Crippen LogP contribution in [0.4, 0.5) is 17.1 Å². The van der Waals surface area contributed by atoms with E-state index in [1.165, 1.54) is 42.5 Å². The summed E-state index contributed by atoms with van der Waals surface area (Å²) in [7, 11) is 0. The van der Waals surface area contributed by atoms with Crippen LogP contribution >= 0.6 is 0 Å². The standard InChI is InChI=1S/C17H12N4O5/c1-11-5-6-15(16(7-11)21(25)26)19-17(22)13(10-18)8-12-3-2-4-14(9-12)20(23)24/h2-9H,1H3,(H,19,22). The van der Waals surface area contributed by atoms with Crippen LogP contribution in [0.25, 0.3) is 6.08 Å². The lowest BCUT2D eigenvalue weighted by Gasteiger charge is -2.06. The molecule has 2 aromatic rings. The number of nitro groups is 2. The molecule has 0 aliphatic rings. The van der Waals surface area contributed by atoms with E-state index in [1.807, 2.05) is 0 Å². The van der Waals surface area contributed by atoms with E-state index in [9.17, 15) is 30.3 Å². The zero-order valence-corrected chi connectivity index (χ0v) is 13.5. The fourth-order valence-corrected chi connectivity index (χ4v) is 2.13. The second kappa shape index (κ2) is 7.67. The number of amides is 1. The molecule has 130 valence electrons. The first-order valence-electron chi connectivity index (χ1n) is 7.24. The molecule has 0 radical (unpaired) electrons. The molecule has 2 rings (SSSR count). The quantitative estimate of drug-likeness (QED) is 0.379. The number of carbonyl (C=O) groups excluding carboxylic acids is 1. The SMILES string of the molecule is Cc1ccc(NC(=O)C(C#N)=Cc2cccc([N+](=O)[O-])c2)c([N+](=O)[O-])c1. The Morgan fingerprint density at radius 3 is 2.50 bits per heavy atom. The van der Waals surface area contributed by atoms with Crippen molar-refractivity contribution in [2.75, 3.05) is 5.32 Å². The van der Waals surface area contributed by atoms with Gasteiger partial charge in [0.15, 0.2) is 0 Å². The lowest BCUT2D eigenvalue weighted by atomic mass is 10.1. The minimum atomic E-state index is -0.856. The molecule has 9 heteroatoms. The van der Waals surface area contributed by atoms with Gasteiger partial charge in [-0.2, -0.15) is 5.26 Å². The highest BCUT2D eigenvalue weighted by atomic mass is 16.6. The normalized spacial score (nSPS) is 10.7. The number of aryl methyl sites for hydroxylation is 1. The molecule has 0 aliphatic carbocycles. The summed E-state index contributed by atoms with van der Waals surface area (Å²) in [6.07, 6.45) is 1.17. The highest BCUT2D eigenvalue weighted by molar-refractivity contribution is 6.10. The average Bonchev–Trinajstić information content (AvgIpc) is 2.61. The van der Waals surface area contributed by atoms with Crippen molar-refractivity contribution in [1.82, 2.24) is 0 Å². The molecule has 2 aromatic carbocycles. The maximum absolute atomic E-state index is 12.3. The first kappa shape index (κ1) is 18.3. The molecular formula is C17H12N4O5. The Balaban J connectivity index is 2.33. The Hall–Kier alpha value is -4.06. The van der Waals surface area contributed by atoms with Gasteiger partial charge in [-0.05, 0) is 30.2 Å². The minimum Gasteiger partial charge on any atom is -0.316 e. The van der Waals surface area contributed by atoms with Gasteiger partial charge in [0.25, 0.3) is 17.3 Å². The molecule has 1 N–H and O–H groups in total. The third kappa shape index (κ3) is 4.27. The number of benzene rings is 2. The number of carbonyl (C=O) groups is 1. The van der Waals surface area contributed by atoms with Crippen molar-refractivity contribution in [3.63, 3.8) is 0 Å². The molecule has 0 saturated carbocycles. The van der Waals surface area contributed by atoms with E-state index in [4.69, 9.17) is 0 Å². The zero-order valence-electron chi connectivity index (χ0n) is 13.5. The van der Waals surface area contributed by atoms with Crippen LogP contribution in [-0.2, 0) is 4.79 Å². The summed E-state index contributed by atoms with van der Waals surface area (Å²) in [6.45, 7) is 1.67. The number of nitriles is 1. The molecule has 0 spiro atoms. The second-order valence-corrected chi connectivity index (χ2v) is 5.25. The molecule has 26 heavy (non-hydrogen) atoms. The molecule has 9 nitrogen and oxygen atoms in total. The topological polar surface area (TPSA) is 139 Å². The lowest BCUT2D eigenvalue weighted by molar-refractivity contribution is -0.384. The van der Waals surface area contributed by atoms with Crippen LogP contribution in [0.15, 0.2) is 48.0 Å². The number of rotatable bonds is 5. The average molecular weight is 352 g/mol. The van der Waals surface area contributed by atoms with Crippen LogP contribution in [0, 0.1) is 38.5 Å². The summed E-state index contributed by atoms with van der Waals surface area (Å²) < 4.78 is 0. The van der Waals surface area contributed by atoms with Crippen LogP contribution in [0.5, 0.6) is 0 Å². The molecular weight excluding hydrogens is 340 g/mol. The van der Waals surface area contributed by atoms with Gasteiger partial charge in [-0.15, -0.1) is 0 Å². The van der Waals surface area contributed by atoms with E-state index in [0.29, 0.717) is 5.56 Å². The van der Waals surface area contributed by atoms with Crippen molar-refractivity contribution in [3.05, 3.63) is 79.4 Å². The van der Waals surface area contributed by atoms with E-state index in [-0.39, 0.29) is 28.2 Å². The molecule has 0 saturated heterocycles. The van der Waals surface area contributed by atoms with Crippen molar-refractivity contribution in [1.29, 1.82) is 5.26 Å². The number of nitrogens with one attached hydrogen (secondary N) is 1. The van der Waals surface area contributed by atoms with Crippen LogP contribution in [-0.4, -0.2) is 15.8 Å². The minimum absolute atomic E-state index is 0.0502. The van der Waals surface area contributed by atoms with Gasteiger partial charge in [0.2, 0.25) is 0 Å². The Morgan fingerprint density at radius 2 is 1.88 bits per heavy atom. The van der Waals surface area contributed by atoms with Crippen LogP contribution in [0.3, 0.4) is 0 Å². The Bertz CT molecular complexity index is 975. The Labute approximate surface area is 147 Å². The van der Waals surface area contributed by atoms with E-state index < -0.39 is 15.8 Å². The molecule has 1 amide bonds. The maximum atomic E-state index is 12.3. The van der Waals surface area contributed by atoms with Gasteiger partial charge in [0, 0.05) is 18.2 Å². The van der Waals surface area contributed by atoms with Gasteiger partial charge in [-0.3, -0.25) is 25.0 Å². The fourth-order valence-electron chi connectivity index (χ4n) is 2.13. The summed E-state index contributed by atoms with van der Waals surface area (Å²) in [4.78, 5) is 32.9. The third-order valence-electron chi connectivity index (χ3n) is 3.36. The molecule has 0 aliphatic heterocycles. The van der Waals surface area contributed by atoms with Crippen molar-refractivity contribution in [2.24, 2.45) is 0 Å². The summed E-state index contributed by atoms with van der Waals surface area (Å²) in [5, 5.41) is 33.4. The molecule has 0 fully saturated rings. The van der Waals surface area contributed by atoms with E-state index >= 15 is 0 Å². The van der Waals surface area contributed by atoms with Gasteiger partial charge in [0.05, 0.1) is 9.85 Å². The first-order valence-corrected chi connectivity index (χ1v) is 7.24. The largest absolute Gasteiger partial charge is 0.316 e. The number of non-ortho nitro benzene ring substituents is 1. The molecule has 0 heterocycles. The van der Waals surface area contributed by atoms with Gasteiger partial charge in [0.1, 0.15) is 17.3 Å². The number of anilines is 1. The predicted molar refractivity (Wildman–Crippen MR) is 93.1 cm³/mol. The highest BCUT2D eigenvalue weighted by Crippen LogP contribution is 2.26. The van der Waals surface area contributed by atoms with Crippen molar-refractivity contribution in [2.45, 2.75) is 6.92 Å². The molecule has 0 atom stereocenters. The Kier molecular flexibility index (Phi) is 5.40. The van der Waals surface area contributed by atoms with Crippen molar-refractivity contribution in [3.8, 4) is 6.07 Å². The van der Waals surface area contributed by atoms with Crippen LogP contribution < -0.4 is 5.32 Å². The van der Waals surface area contributed by atoms with Gasteiger partial charge >= 0.3 is 0 Å². The smallest absolute Gasteiger partial charge is 0.293 e. The zero-order chi connectivity index (χ0) is 19.3. The van der Waals surface area contributed by atoms with E-state index in [0.717, 1.165) is 0 Å².